The average molecular weight is 602 g/mol. The third-order valence-corrected chi connectivity index (χ3v) is 9.15. The largest absolute Gasteiger partial charge is 0.372 e. The van der Waals surface area contributed by atoms with Gasteiger partial charge in [-0.1, -0.05) is 29.5 Å². The van der Waals surface area contributed by atoms with Crippen molar-refractivity contribution in [1.82, 2.24) is 19.8 Å². The van der Waals surface area contributed by atoms with Crippen molar-refractivity contribution in [2.24, 2.45) is 17.8 Å². The highest BCUT2D eigenvalue weighted by Crippen LogP contribution is 2.50. The summed E-state index contributed by atoms with van der Waals surface area (Å²) in [6.45, 7) is 5.73. The predicted molar refractivity (Wildman–Crippen MR) is 163 cm³/mol. The topological polar surface area (TPSA) is 79.8 Å². The molecule has 4 aliphatic rings. The lowest BCUT2D eigenvalue weighted by Crippen LogP contribution is -2.36. The van der Waals surface area contributed by atoms with Crippen LogP contribution in [0.1, 0.15) is 11.1 Å². The van der Waals surface area contributed by atoms with Crippen LogP contribution in [-0.2, 0) is 20.7 Å². The standard InChI is InChI=1S/C33H33ClFN5O3/c1-39-15-26-24(27(26)16-39)6-4-20-13-30-25(33(37-19-36-30)38-22-5-7-29(35)28(34)14-22)12-21(20)11-23(41)3-2-8-40-17-31-32(18-40)43-10-9-42-31/h2-3,5,7,12-14,19,24,26-27,31-32H,8-11,15-18H2,1H3,(H,36,37,38)/b3-2+. The lowest BCUT2D eigenvalue weighted by Gasteiger charge is -2.24. The molecule has 3 aromatic rings. The Morgan fingerprint density at radius 2 is 1.88 bits per heavy atom. The minimum atomic E-state index is -0.493. The predicted octanol–water partition coefficient (Wildman–Crippen LogP) is 4.09. The molecule has 1 N–H and O–H groups in total. The maximum atomic E-state index is 13.7. The van der Waals surface area contributed by atoms with E-state index in [2.05, 4.69) is 44.0 Å². The van der Waals surface area contributed by atoms with E-state index in [0.717, 1.165) is 42.7 Å². The third-order valence-electron chi connectivity index (χ3n) is 8.86. The number of aromatic nitrogens is 2. The molecule has 43 heavy (non-hydrogen) atoms. The Hall–Kier alpha value is -3.39. The smallest absolute Gasteiger partial charge is 0.159 e. The lowest BCUT2D eigenvalue weighted by molar-refractivity contribution is -0.116. The van der Waals surface area contributed by atoms with E-state index in [1.807, 2.05) is 18.2 Å². The monoisotopic (exact) mass is 601 g/mol. The van der Waals surface area contributed by atoms with Gasteiger partial charge in [0, 0.05) is 61.7 Å². The number of likely N-dealkylation sites (tertiary alicyclic amines) is 2. The third kappa shape index (κ3) is 6.17. The number of hydrogen-bond acceptors (Lipinski definition) is 8. The molecular formula is C33H33ClFN5O3. The van der Waals surface area contributed by atoms with Crippen LogP contribution in [0, 0.1) is 35.4 Å². The Bertz CT molecular complexity index is 1630. The summed E-state index contributed by atoms with van der Waals surface area (Å²) in [5.74, 6) is 8.62. The highest BCUT2D eigenvalue weighted by atomic mass is 35.5. The molecule has 1 saturated carbocycles. The highest BCUT2D eigenvalue weighted by molar-refractivity contribution is 6.31. The van der Waals surface area contributed by atoms with Crippen molar-refractivity contribution in [3.05, 3.63) is 70.8 Å². The van der Waals surface area contributed by atoms with Crippen molar-refractivity contribution >= 4 is 39.8 Å². The second-order valence-electron chi connectivity index (χ2n) is 11.9. The van der Waals surface area contributed by atoms with E-state index in [-0.39, 0.29) is 29.4 Å². The maximum Gasteiger partial charge on any atom is 0.159 e. The van der Waals surface area contributed by atoms with E-state index >= 15 is 0 Å². The summed E-state index contributed by atoms with van der Waals surface area (Å²) >= 11 is 6.00. The van der Waals surface area contributed by atoms with Gasteiger partial charge in [0.25, 0.3) is 0 Å². The molecule has 4 unspecified atom stereocenters. The van der Waals surface area contributed by atoms with Crippen molar-refractivity contribution in [1.29, 1.82) is 0 Å². The molecule has 8 nitrogen and oxygen atoms in total. The number of piperidine rings is 1. The number of nitrogens with zero attached hydrogens (tertiary/aromatic N) is 4. The van der Waals surface area contributed by atoms with Crippen LogP contribution in [0.5, 0.6) is 0 Å². The van der Waals surface area contributed by atoms with E-state index < -0.39 is 5.82 Å². The Labute approximate surface area is 255 Å². The molecule has 1 aliphatic carbocycles. The molecule has 1 aromatic heterocycles. The Balaban J connectivity index is 1.13. The van der Waals surface area contributed by atoms with Gasteiger partial charge >= 0.3 is 0 Å². The summed E-state index contributed by atoms with van der Waals surface area (Å²) in [6, 6.07) is 8.30. The number of anilines is 2. The molecule has 7 rings (SSSR count). The molecule has 222 valence electrons. The molecule has 10 heteroatoms. The first kappa shape index (κ1) is 28.4. The zero-order valence-electron chi connectivity index (χ0n) is 23.9. The normalized spacial score (nSPS) is 26.7. The molecule has 2 aromatic carbocycles. The number of hydrogen-bond donors (Lipinski definition) is 1. The minimum Gasteiger partial charge on any atom is -0.372 e. The Morgan fingerprint density at radius 1 is 1.12 bits per heavy atom. The van der Waals surface area contributed by atoms with Crippen LogP contribution in [0.2, 0.25) is 5.02 Å². The van der Waals surface area contributed by atoms with Gasteiger partial charge in [-0.3, -0.25) is 9.69 Å². The molecule has 4 fully saturated rings. The minimum absolute atomic E-state index is 0.00638. The summed E-state index contributed by atoms with van der Waals surface area (Å²) in [5.41, 5.74) is 2.93. The number of fused-ring (bicyclic) bond motifs is 3. The van der Waals surface area contributed by atoms with Crippen LogP contribution in [0.3, 0.4) is 0 Å². The Morgan fingerprint density at radius 3 is 2.63 bits per heavy atom. The van der Waals surface area contributed by atoms with E-state index in [1.54, 1.807) is 12.1 Å². The van der Waals surface area contributed by atoms with Crippen molar-refractivity contribution in [2.45, 2.75) is 18.6 Å². The zero-order chi connectivity index (χ0) is 29.5. The molecule has 3 saturated heterocycles. The molecule has 3 aliphatic heterocycles. The molecule has 0 bridgehead atoms. The van der Waals surface area contributed by atoms with Crippen LogP contribution in [0.25, 0.3) is 10.9 Å². The van der Waals surface area contributed by atoms with Gasteiger partial charge in [-0.25, -0.2) is 14.4 Å². The fourth-order valence-corrected chi connectivity index (χ4v) is 6.78. The number of nitrogens with one attached hydrogen (secondary N) is 1. The van der Waals surface area contributed by atoms with Gasteiger partial charge in [0.05, 0.1) is 36.0 Å². The van der Waals surface area contributed by atoms with Crippen molar-refractivity contribution in [3.63, 3.8) is 0 Å². The lowest BCUT2D eigenvalue weighted by atomic mass is 9.99. The van der Waals surface area contributed by atoms with Crippen molar-refractivity contribution in [2.75, 3.05) is 58.3 Å². The zero-order valence-corrected chi connectivity index (χ0v) is 24.7. The van der Waals surface area contributed by atoms with Gasteiger partial charge in [0.15, 0.2) is 5.78 Å². The summed E-state index contributed by atoms with van der Waals surface area (Å²) in [6.07, 6.45) is 5.48. The first-order valence-corrected chi connectivity index (χ1v) is 15.1. The van der Waals surface area contributed by atoms with Crippen LogP contribution in [0.15, 0.2) is 48.8 Å². The molecule has 0 spiro atoms. The van der Waals surface area contributed by atoms with Crippen LogP contribution < -0.4 is 5.32 Å². The first-order chi connectivity index (χ1) is 20.9. The van der Waals surface area contributed by atoms with Crippen LogP contribution in [0.4, 0.5) is 15.9 Å². The fraction of sp³-hybridized carbons (Fsp3) is 0.424. The fourth-order valence-electron chi connectivity index (χ4n) is 6.60. The quantitative estimate of drug-likeness (QED) is 0.321. The maximum absolute atomic E-state index is 13.7. The number of carbonyl (C=O) groups is 1. The van der Waals surface area contributed by atoms with E-state index in [9.17, 15) is 9.18 Å². The number of carbonyl (C=O) groups excluding carboxylic acids is 1. The summed E-state index contributed by atoms with van der Waals surface area (Å²) < 4.78 is 25.3. The van der Waals surface area contributed by atoms with E-state index in [4.69, 9.17) is 21.1 Å². The summed E-state index contributed by atoms with van der Waals surface area (Å²) in [7, 11) is 2.15. The molecule has 0 radical (unpaired) electrons. The van der Waals surface area contributed by atoms with Crippen molar-refractivity contribution in [3.8, 4) is 11.8 Å². The number of ketones is 1. The summed E-state index contributed by atoms with van der Waals surface area (Å²) in [5, 5.41) is 3.98. The number of ether oxygens (including phenoxy) is 2. The SMILES string of the molecule is CN1CC2C(C#Cc3cc4ncnc(Nc5ccc(F)c(Cl)c5)c4cc3CC(=O)/C=C/CN3CC4OCCOC4C3)C2C1. The number of halogens is 2. The van der Waals surface area contributed by atoms with Crippen LogP contribution >= 0.6 is 11.6 Å². The second-order valence-corrected chi connectivity index (χ2v) is 12.3. The van der Waals surface area contributed by atoms with Gasteiger partial charge in [0.2, 0.25) is 0 Å². The molecular weight excluding hydrogens is 569 g/mol. The first-order valence-electron chi connectivity index (χ1n) is 14.8. The molecule has 0 amide bonds. The number of rotatable bonds is 7. The summed E-state index contributed by atoms with van der Waals surface area (Å²) in [4.78, 5) is 26.7. The van der Waals surface area contributed by atoms with Crippen molar-refractivity contribution < 1.29 is 18.7 Å². The molecule has 4 atom stereocenters. The van der Waals surface area contributed by atoms with Gasteiger partial charge in [-0.15, -0.1) is 0 Å². The van der Waals surface area contributed by atoms with Gasteiger partial charge in [0.1, 0.15) is 18.0 Å². The van der Waals surface area contributed by atoms with Gasteiger partial charge in [-0.2, -0.15) is 0 Å². The van der Waals surface area contributed by atoms with E-state index in [0.29, 0.717) is 54.5 Å². The van der Waals surface area contributed by atoms with Crippen LogP contribution in [-0.4, -0.2) is 90.7 Å². The van der Waals surface area contributed by atoms with Gasteiger partial charge in [-0.05, 0) is 60.9 Å². The number of allylic oxidation sites excluding steroid dienone is 1. The van der Waals surface area contributed by atoms with E-state index in [1.165, 1.54) is 18.5 Å². The van der Waals surface area contributed by atoms with Gasteiger partial charge < -0.3 is 19.7 Å². The molecule has 4 heterocycles. The highest BCUT2D eigenvalue weighted by Gasteiger charge is 2.54. The Kier molecular flexibility index (Phi) is 7.89. The average Bonchev–Trinajstić information content (AvgIpc) is 3.28. The number of benzene rings is 2. The second kappa shape index (κ2) is 11.9.